The molecule has 0 radical (unpaired) electrons. The van der Waals surface area contributed by atoms with Crippen molar-refractivity contribution in [2.24, 2.45) is 5.92 Å². The van der Waals surface area contributed by atoms with E-state index in [-0.39, 0.29) is 0 Å². The lowest BCUT2D eigenvalue weighted by atomic mass is 9.96. The van der Waals surface area contributed by atoms with E-state index in [0.717, 1.165) is 45.2 Å². The monoisotopic (exact) mass is 303 g/mol. The summed E-state index contributed by atoms with van der Waals surface area (Å²) in [5.74, 6) is 0.866. The van der Waals surface area contributed by atoms with Crippen molar-refractivity contribution in [1.82, 2.24) is 14.8 Å². The molecule has 2 fully saturated rings. The van der Waals surface area contributed by atoms with Crippen LogP contribution in [-0.4, -0.2) is 60.7 Å². The van der Waals surface area contributed by atoms with E-state index in [1.54, 1.807) is 0 Å². The second-order valence-corrected chi connectivity index (χ2v) is 6.64. The highest BCUT2D eigenvalue weighted by Gasteiger charge is 2.22. The van der Waals surface area contributed by atoms with Crippen molar-refractivity contribution in [2.75, 3.05) is 45.9 Å². The quantitative estimate of drug-likeness (QED) is 0.834. The van der Waals surface area contributed by atoms with Gasteiger partial charge in [0.05, 0.1) is 18.9 Å². The number of aromatic nitrogens is 1. The second-order valence-electron chi connectivity index (χ2n) is 6.64. The van der Waals surface area contributed by atoms with Crippen LogP contribution in [0.1, 0.15) is 31.0 Å². The fourth-order valence-electron chi connectivity index (χ4n) is 3.46. The van der Waals surface area contributed by atoms with Gasteiger partial charge in [-0.25, -0.2) is 0 Å². The molecule has 0 unspecified atom stereocenters. The molecule has 1 aromatic heterocycles. The fraction of sp³-hybridized carbons (Fsp3) is 0.722. The maximum absolute atomic E-state index is 5.43. The van der Waals surface area contributed by atoms with Crippen molar-refractivity contribution in [3.05, 3.63) is 29.6 Å². The van der Waals surface area contributed by atoms with Crippen LogP contribution in [0.25, 0.3) is 0 Å². The predicted octanol–water partition coefficient (Wildman–Crippen LogP) is 2.19. The first kappa shape index (κ1) is 15.9. The summed E-state index contributed by atoms with van der Waals surface area (Å²) >= 11 is 0. The van der Waals surface area contributed by atoms with Crippen molar-refractivity contribution < 1.29 is 4.74 Å². The highest BCUT2D eigenvalue weighted by Crippen LogP contribution is 2.20. The number of hydrogen-bond acceptors (Lipinski definition) is 4. The Morgan fingerprint density at radius 1 is 1.09 bits per heavy atom. The number of nitrogens with zero attached hydrogens (tertiary/aromatic N) is 3. The van der Waals surface area contributed by atoms with E-state index in [9.17, 15) is 0 Å². The van der Waals surface area contributed by atoms with Gasteiger partial charge in [-0.3, -0.25) is 14.8 Å². The molecule has 2 aliphatic rings. The molecular formula is C18H29N3O. The van der Waals surface area contributed by atoms with Gasteiger partial charge in [-0.1, -0.05) is 13.0 Å². The average Bonchev–Trinajstić information content (AvgIpc) is 2.58. The van der Waals surface area contributed by atoms with Crippen LogP contribution in [0.5, 0.6) is 0 Å². The molecule has 3 rings (SSSR count). The summed E-state index contributed by atoms with van der Waals surface area (Å²) in [5.41, 5.74) is 2.54. The fourth-order valence-corrected chi connectivity index (χ4v) is 3.46. The van der Waals surface area contributed by atoms with E-state index in [2.05, 4.69) is 33.8 Å². The molecule has 0 amide bonds. The van der Waals surface area contributed by atoms with E-state index < -0.39 is 0 Å². The van der Waals surface area contributed by atoms with Crippen LogP contribution in [0.15, 0.2) is 18.3 Å². The van der Waals surface area contributed by atoms with Crippen molar-refractivity contribution in [3.63, 3.8) is 0 Å². The molecule has 0 aromatic carbocycles. The van der Waals surface area contributed by atoms with Gasteiger partial charge >= 0.3 is 0 Å². The van der Waals surface area contributed by atoms with Crippen LogP contribution in [0.4, 0.5) is 0 Å². The van der Waals surface area contributed by atoms with Crippen LogP contribution >= 0.6 is 0 Å². The maximum Gasteiger partial charge on any atom is 0.0594 e. The minimum absolute atomic E-state index is 0.866. The molecule has 0 aliphatic carbocycles. The number of aryl methyl sites for hydroxylation is 1. The lowest BCUT2D eigenvalue weighted by Gasteiger charge is -2.35. The van der Waals surface area contributed by atoms with Crippen molar-refractivity contribution >= 4 is 0 Å². The van der Waals surface area contributed by atoms with Crippen LogP contribution < -0.4 is 0 Å². The highest BCUT2D eigenvalue weighted by atomic mass is 16.5. The van der Waals surface area contributed by atoms with Gasteiger partial charge in [0.25, 0.3) is 0 Å². The average molecular weight is 303 g/mol. The van der Waals surface area contributed by atoms with Gasteiger partial charge in [0.2, 0.25) is 0 Å². The SMILES string of the molecule is CCc1ccc(CN2CCC(CN3CCOCC3)CC2)nc1. The van der Waals surface area contributed by atoms with Gasteiger partial charge in [-0.2, -0.15) is 0 Å². The summed E-state index contributed by atoms with van der Waals surface area (Å²) in [7, 11) is 0. The van der Waals surface area contributed by atoms with Crippen molar-refractivity contribution in [1.29, 1.82) is 0 Å². The van der Waals surface area contributed by atoms with Gasteiger partial charge in [0, 0.05) is 32.4 Å². The van der Waals surface area contributed by atoms with Gasteiger partial charge in [-0.15, -0.1) is 0 Å². The Morgan fingerprint density at radius 3 is 2.50 bits per heavy atom. The van der Waals surface area contributed by atoms with E-state index in [1.807, 2.05) is 6.20 Å². The summed E-state index contributed by atoms with van der Waals surface area (Å²) in [5, 5.41) is 0. The number of pyridine rings is 1. The summed E-state index contributed by atoms with van der Waals surface area (Å²) in [4.78, 5) is 9.73. The molecule has 0 atom stereocenters. The van der Waals surface area contributed by atoms with Crippen LogP contribution in [-0.2, 0) is 17.7 Å². The molecule has 0 spiro atoms. The normalized spacial score (nSPS) is 22.0. The van der Waals surface area contributed by atoms with E-state index in [4.69, 9.17) is 4.74 Å². The second kappa shape index (κ2) is 8.04. The lowest BCUT2D eigenvalue weighted by Crippen LogP contribution is -2.42. The van der Waals surface area contributed by atoms with Crippen molar-refractivity contribution in [2.45, 2.75) is 32.7 Å². The number of piperidine rings is 1. The standard InChI is InChI=1S/C18H29N3O/c1-2-16-3-4-18(19-13-16)15-20-7-5-17(6-8-20)14-21-9-11-22-12-10-21/h3-4,13,17H,2,5-12,14-15H2,1H3. The van der Waals surface area contributed by atoms with E-state index in [1.165, 1.54) is 43.7 Å². The molecule has 122 valence electrons. The first-order valence-electron chi connectivity index (χ1n) is 8.79. The third kappa shape index (κ3) is 4.51. The zero-order valence-electron chi connectivity index (χ0n) is 13.8. The van der Waals surface area contributed by atoms with Gasteiger partial charge < -0.3 is 4.74 Å². The molecule has 0 N–H and O–H groups in total. The molecule has 1 aromatic rings. The third-order valence-electron chi connectivity index (χ3n) is 5.01. The molecule has 0 bridgehead atoms. The Kier molecular flexibility index (Phi) is 5.82. The van der Waals surface area contributed by atoms with Crippen LogP contribution in [0.2, 0.25) is 0 Å². The molecular weight excluding hydrogens is 274 g/mol. The number of likely N-dealkylation sites (tertiary alicyclic amines) is 1. The van der Waals surface area contributed by atoms with Gasteiger partial charge in [0.1, 0.15) is 0 Å². The molecule has 2 aliphatic heterocycles. The summed E-state index contributed by atoms with van der Waals surface area (Å²) in [6.45, 7) is 10.9. The topological polar surface area (TPSA) is 28.6 Å². The first-order chi connectivity index (χ1) is 10.8. The molecule has 2 saturated heterocycles. The third-order valence-corrected chi connectivity index (χ3v) is 5.01. The molecule has 3 heterocycles. The number of rotatable bonds is 5. The van der Waals surface area contributed by atoms with E-state index >= 15 is 0 Å². The minimum atomic E-state index is 0.866. The maximum atomic E-state index is 5.43. The van der Waals surface area contributed by atoms with E-state index in [0.29, 0.717) is 0 Å². The van der Waals surface area contributed by atoms with Crippen LogP contribution in [0.3, 0.4) is 0 Å². The zero-order valence-corrected chi connectivity index (χ0v) is 13.8. The zero-order chi connectivity index (χ0) is 15.2. The first-order valence-corrected chi connectivity index (χ1v) is 8.79. The van der Waals surface area contributed by atoms with Crippen LogP contribution in [0, 0.1) is 5.92 Å². The Morgan fingerprint density at radius 2 is 1.86 bits per heavy atom. The van der Waals surface area contributed by atoms with Crippen molar-refractivity contribution in [3.8, 4) is 0 Å². The number of morpholine rings is 1. The highest BCUT2D eigenvalue weighted by molar-refractivity contribution is 5.13. The summed E-state index contributed by atoms with van der Waals surface area (Å²) in [6.07, 6.45) is 5.75. The summed E-state index contributed by atoms with van der Waals surface area (Å²) < 4.78 is 5.43. The minimum Gasteiger partial charge on any atom is -0.379 e. The number of hydrogen-bond donors (Lipinski definition) is 0. The molecule has 0 saturated carbocycles. The molecule has 4 heteroatoms. The Bertz CT molecular complexity index is 434. The predicted molar refractivity (Wildman–Crippen MR) is 88.9 cm³/mol. The Hall–Kier alpha value is -0.970. The molecule has 22 heavy (non-hydrogen) atoms. The Labute approximate surface area is 134 Å². The number of ether oxygens (including phenoxy) is 1. The summed E-state index contributed by atoms with van der Waals surface area (Å²) in [6, 6.07) is 4.41. The van der Waals surface area contributed by atoms with Gasteiger partial charge in [0.15, 0.2) is 0 Å². The largest absolute Gasteiger partial charge is 0.379 e. The molecule has 4 nitrogen and oxygen atoms in total. The lowest BCUT2D eigenvalue weighted by molar-refractivity contribution is 0.0241. The smallest absolute Gasteiger partial charge is 0.0594 e. The Balaban J connectivity index is 1.41. The van der Waals surface area contributed by atoms with Gasteiger partial charge in [-0.05, 0) is 49.9 Å².